The fourth-order valence-corrected chi connectivity index (χ4v) is 1.37. The molecule has 0 radical (unpaired) electrons. The van der Waals surface area contributed by atoms with Crippen LogP contribution in [0.1, 0.15) is 16.2 Å². The molecule has 0 aromatic carbocycles. The van der Waals surface area contributed by atoms with Gasteiger partial charge < -0.3 is 10.4 Å². The number of amides is 1. The molecule has 0 spiro atoms. The normalized spacial score (nSPS) is 10.0. The fourth-order valence-electron chi connectivity index (χ4n) is 1.37. The molecule has 0 bridgehead atoms. The molecule has 0 aliphatic rings. The highest BCUT2D eigenvalue weighted by molar-refractivity contribution is 5.92. The molecule has 2 aromatic heterocycles. The van der Waals surface area contributed by atoms with Gasteiger partial charge in [0.2, 0.25) is 5.91 Å². The summed E-state index contributed by atoms with van der Waals surface area (Å²) in [5.74, 6) is -1.23. The number of carboxylic acid groups (broad SMARTS) is 1. The summed E-state index contributed by atoms with van der Waals surface area (Å²) in [6.07, 6.45) is 1.67. The summed E-state index contributed by atoms with van der Waals surface area (Å²) < 4.78 is 0. The first-order valence-corrected chi connectivity index (χ1v) is 5.13. The van der Waals surface area contributed by atoms with Crippen molar-refractivity contribution in [3.8, 4) is 0 Å². The Morgan fingerprint density at radius 2 is 2.17 bits per heavy atom. The van der Waals surface area contributed by atoms with Gasteiger partial charge in [-0.25, -0.2) is 9.78 Å². The van der Waals surface area contributed by atoms with Gasteiger partial charge in [-0.05, 0) is 18.2 Å². The van der Waals surface area contributed by atoms with Crippen LogP contribution in [-0.2, 0) is 11.2 Å². The Morgan fingerprint density at radius 1 is 1.33 bits per heavy atom. The maximum Gasteiger partial charge on any atom is 0.354 e. The number of rotatable bonds is 4. The van der Waals surface area contributed by atoms with E-state index in [1.165, 1.54) is 18.2 Å². The lowest BCUT2D eigenvalue weighted by Gasteiger charge is -2.03. The predicted octanol–water partition coefficient (Wildman–Crippen LogP) is 0.684. The monoisotopic (exact) mass is 246 g/mol. The highest BCUT2D eigenvalue weighted by Gasteiger charge is 2.08. The summed E-state index contributed by atoms with van der Waals surface area (Å²) in [4.78, 5) is 26.1. The van der Waals surface area contributed by atoms with Crippen molar-refractivity contribution >= 4 is 17.7 Å². The number of aromatic nitrogens is 3. The predicted molar refractivity (Wildman–Crippen MR) is 62.1 cm³/mol. The van der Waals surface area contributed by atoms with E-state index in [4.69, 9.17) is 5.11 Å². The van der Waals surface area contributed by atoms with Crippen LogP contribution in [0.4, 0.5) is 5.82 Å². The van der Waals surface area contributed by atoms with E-state index < -0.39 is 5.97 Å². The average molecular weight is 246 g/mol. The lowest BCUT2D eigenvalue weighted by molar-refractivity contribution is -0.115. The van der Waals surface area contributed by atoms with E-state index >= 15 is 0 Å². The number of H-pyrrole nitrogens is 1. The largest absolute Gasteiger partial charge is 0.477 e. The zero-order valence-electron chi connectivity index (χ0n) is 9.25. The van der Waals surface area contributed by atoms with Crippen LogP contribution >= 0.6 is 0 Å². The van der Waals surface area contributed by atoms with Crippen LogP contribution < -0.4 is 5.32 Å². The molecular formula is C11H10N4O3. The third-order valence-corrected chi connectivity index (χ3v) is 2.15. The lowest BCUT2D eigenvalue weighted by atomic mass is 10.3. The van der Waals surface area contributed by atoms with Crippen molar-refractivity contribution < 1.29 is 14.7 Å². The fraction of sp³-hybridized carbons (Fsp3) is 0.0909. The number of aromatic amines is 1. The van der Waals surface area contributed by atoms with Gasteiger partial charge in [0.1, 0.15) is 5.82 Å². The van der Waals surface area contributed by atoms with Crippen LogP contribution in [0.5, 0.6) is 0 Å². The van der Waals surface area contributed by atoms with Gasteiger partial charge in [0.15, 0.2) is 5.69 Å². The Bertz CT molecular complexity index is 565. The van der Waals surface area contributed by atoms with Crippen LogP contribution in [0.2, 0.25) is 0 Å². The molecule has 7 heteroatoms. The summed E-state index contributed by atoms with van der Waals surface area (Å²) >= 11 is 0. The number of carbonyl (C=O) groups excluding carboxylic acids is 1. The molecule has 0 aliphatic carbocycles. The smallest absolute Gasteiger partial charge is 0.354 e. The average Bonchev–Trinajstić information content (AvgIpc) is 2.82. The number of carbonyl (C=O) groups is 2. The van der Waals surface area contributed by atoms with Crippen molar-refractivity contribution in [2.45, 2.75) is 6.42 Å². The summed E-state index contributed by atoms with van der Waals surface area (Å²) in [5.41, 5.74) is 0.552. The van der Waals surface area contributed by atoms with Crippen LogP contribution in [0.25, 0.3) is 0 Å². The number of nitrogens with one attached hydrogen (secondary N) is 2. The lowest BCUT2D eigenvalue weighted by Crippen LogP contribution is -2.16. The van der Waals surface area contributed by atoms with Crippen LogP contribution in [0.15, 0.2) is 30.5 Å². The first-order chi connectivity index (χ1) is 8.65. The summed E-state index contributed by atoms with van der Waals surface area (Å²) in [6, 6.07) is 6.08. The molecule has 0 atom stereocenters. The second-order valence-electron chi connectivity index (χ2n) is 3.52. The van der Waals surface area contributed by atoms with Gasteiger partial charge in [-0.2, -0.15) is 5.10 Å². The molecule has 0 aliphatic heterocycles. The Hall–Kier alpha value is -2.70. The number of aromatic carboxylic acids is 1. The van der Waals surface area contributed by atoms with E-state index in [9.17, 15) is 9.59 Å². The molecule has 18 heavy (non-hydrogen) atoms. The Morgan fingerprint density at radius 3 is 2.83 bits per heavy atom. The number of hydrogen-bond donors (Lipinski definition) is 3. The molecule has 92 valence electrons. The number of hydrogen-bond acceptors (Lipinski definition) is 4. The second kappa shape index (κ2) is 5.09. The van der Waals surface area contributed by atoms with Gasteiger partial charge in [-0.1, -0.05) is 6.07 Å². The van der Waals surface area contributed by atoms with Crippen LogP contribution in [0, 0.1) is 0 Å². The van der Waals surface area contributed by atoms with E-state index in [0.29, 0.717) is 5.69 Å². The van der Waals surface area contributed by atoms with Crippen molar-refractivity contribution in [1.29, 1.82) is 0 Å². The van der Waals surface area contributed by atoms with Gasteiger partial charge in [0.25, 0.3) is 0 Å². The number of anilines is 1. The molecule has 2 aromatic rings. The zero-order valence-corrected chi connectivity index (χ0v) is 9.25. The van der Waals surface area contributed by atoms with E-state index in [-0.39, 0.29) is 23.8 Å². The number of pyridine rings is 1. The Labute approximate surface area is 102 Å². The van der Waals surface area contributed by atoms with Crippen molar-refractivity contribution in [1.82, 2.24) is 15.2 Å². The maximum absolute atomic E-state index is 11.6. The molecule has 1 amide bonds. The van der Waals surface area contributed by atoms with E-state index in [2.05, 4.69) is 20.5 Å². The molecule has 2 rings (SSSR count). The van der Waals surface area contributed by atoms with Crippen molar-refractivity contribution in [3.63, 3.8) is 0 Å². The maximum atomic E-state index is 11.6. The molecule has 0 unspecified atom stereocenters. The molecule has 0 fully saturated rings. The van der Waals surface area contributed by atoms with Crippen LogP contribution in [-0.4, -0.2) is 32.2 Å². The molecule has 0 saturated carbocycles. The Balaban J connectivity index is 2.03. The second-order valence-corrected chi connectivity index (χ2v) is 3.52. The minimum atomic E-state index is -1.14. The molecule has 3 N–H and O–H groups in total. The zero-order chi connectivity index (χ0) is 13.0. The van der Waals surface area contributed by atoms with E-state index in [0.717, 1.165) is 0 Å². The number of nitrogens with zero attached hydrogens (tertiary/aromatic N) is 2. The summed E-state index contributed by atoms with van der Waals surface area (Å²) in [7, 11) is 0. The molecule has 7 nitrogen and oxygen atoms in total. The third-order valence-electron chi connectivity index (χ3n) is 2.15. The molecule has 0 saturated heterocycles. The Kier molecular flexibility index (Phi) is 3.33. The van der Waals surface area contributed by atoms with Gasteiger partial charge in [-0.15, -0.1) is 0 Å². The van der Waals surface area contributed by atoms with Crippen molar-refractivity contribution in [2.24, 2.45) is 0 Å². The van der Waals surface area contributed by atoms with Gasteiger partial charge >= 0.3 is 5.97 Å². The number of carboxylic acids is 1. The summed E-state index contributed by atoms with van der Waals surface area (Å²) in [5, 5.41) is 17.7. The molecular weight excluding hydrogens is 236 g/mol. The summed E-state index contributed by atoms with van der Waals surface area (Å²) in [6.45, 7) is 0. The SMILES string of the molecule is O=C(Cc1ccn[nH]1)Nc1cccc(C(=O)O)n1. The van der Waals surface area contributed by atoms with E-state index in [1.54, 1.807) is 12.3 Å². The minimum Gasteiger partial charge on any atom is -0.477 e. The van der Waals surface area contributed by atoms with Crippen LogP contribution in [0.3, 0.4) is 0 Å². The highest BCUT2D eigenvalue weighted by Crippen LogP contribution is 2.05. The van der Waals surface area contributed by atoms with Gasteiger partial charge in [-0.3, -0.25) is 9.89 Å². The van der Waals surface area contributed by atoms with Crippen molar-refractivity contribution in [2.75, 3.05) is 5.32 Å². The van der Waals surface area contributed by atoms with Crippen molar-refractivity contribution in [3.05, 3.63) is 41.9 Å². The topological polar surface area (TPSA) is 108 Å². The minimum absolute atomic E-state index is 0.116. The standard InChI is InChI=1S/C11H10N4O3/c16-10(6-7-4-5-12-15-7)14-9-3-1-2-8(13-9)11(17)18/h1-5H,6H2,(H,12,15)(H,17,18)(H,13,14,16). The first kappa shape index (κ1) is 11.8. The quantitative estimate of drug-likeness (QED) is 0.735. The first-order valence-electron chi connectivity index (χ1n) is 5.13. The third kappa shape index (κ3) is 2.91. The highest BCUT2D eigenvalue weighted by atomic mass is 16.4. The molecule has 2 heterocycles. The van der Waals surface area contributed by atoms with Gasteiger partial charge in [0.05, 0.1) is 6.42 Å². The van der Waals surface area contributed by atoms with Gasteiger partial charge in [0, 0.05) is 11.9 Å². The van der Waals surface area contributed by atoms with E-state index in [1.807, 2.05) is 0 Å².